The van der Waals surface area contributed by atoms with Crippen LogP contribution >= 0.6 is 22.9 Å². The fourth-order valence-electron chi connectivity index (χ4n) is 4.58. The smallest absolute Gasteiger partial charge is 0.228 e. The second-order valence-corrected chi connectivity index (χ2v) is 10.1. The lowest BCUT2D eigenvalue weighted by molar-refractivity contribution is -0.130. The topological polar surface area (TPSA) is 45.7 Å². The van der Waals surface area contributed by atoms with Crippen LogP contribution in [0, 0.1) is 5.92 Å². The maximum Gasteiger partial charge on any atom is 0.228 e. The lowest BCUT2D eigenvalue weighted by Gasteiger charge is -2.28. The lowest BCUT2D eigenvalue weighted by Crippen LogP contribution is -2.37. The van der Waals surface area contributed by atoms with E-state index < -0.39 is 0 Å². The highest BCUT2D eigenvalue weighted by molar-refractivity contribution is 7.09. The van der Waals surface area contributed by atoms with Gasteiger partial charge in [-0.3, -0.25) is 4.79 Å². The van der Waals surface area contributed by atoms with Crippen molar-refractivity contribution in [3.05, 3.63) is 45.4 Å². The van der Waals surface area contributed by atoms with Gasteiger partial charge in [-0.1, -0.05) is 30.9 Å². The maximum absolute atomic E-state index is 12.9. The molecule has 0 bridgehead atoms. The van der Waals surface area contributed by atoms with Gasteiger partial charge in [-0.25, -0.2) is 4.98 Å². The fourth-order valence-corrected chi connectivity index (χ4v) is 5.41. The third-order valence-electron chi connectivity index (χ3n) is 6.29. The molecule has 2 aromatic rings. The van der Waals surface area contributed by atoms with Crippen LogP contribution in [0.4, 0.5) is 0 Å². The van der Waals surface area contributed by atoms with Gasteiger partial charge in [-0.05, 0) is 56.0 Å². The Labute approximate surface area is 194 Å². The van der Waals surface area contributed by atoms with Crippen molar-refractivity contribution in [2.45, 2.75) is 51.6 Å². The molecule has 168 valence electrons. The van der Waals surface area contributed by atoms with Gasteiger partial charge in [-0.15, -0.1) is 11.3 Å². The molecule has 5 nitrogen and oxygen atoms in total. The number of carbonyl (C=O) groups excluding carboxylic acids is 1. The molecule has 2 aliphatic rings. The van der Waals surface area contributed by atoms with Crippen molar-refractivity contribution in [2.24, 2.45) is 5.92 Å². The summed E-state index contributed by atoms with van der Waals surface area (Å²) in [6, 6.07) is 7.30. The highest BCUT2D eigenvalue weighted by Crippen LogP contribution is 2.25. The number of ether oxygens (including phenoxy) is 1. The Hall–Kier alpha value is -1.63. The Balaban J connectivity index is 1.22. The van der Waals surface area contributed by atoms with E-state index in [2.05, 4.69) is 9.88 Å². The van der Waals surface area contributed by atoms with Crippen molar-refractivity contribution in [3.8, 4) is 5.75 Å². The van der Waals surface area contributed by atoms with E-state index in [4.69, 9.17) is 16.3 Å². The summed E-state index contributed by atoms with van der Waals surface area (Å²) in [5.74, 6) is 1.81. The van der Waals surface area contributed by atoms with Gasteiger partial charge < -0.3 is 14.5 Å². The van der Waals surface area contributed by atoms with Gasteiger partial charge in [0.15, 0.2) is 0 Å². The number of halogens is 1. The van der Waals surface area contributed by atoms with Gasteiger partial charge in [0.1, 0.15) is 17.4 Å². The Morgan fingerprint density at radius 2 is 1.87 bits per heavy atom. The molecule has 0 unspecified atom stereocenters. The molecule has 7 heteroatoms. The Bertz CT molecular complexity index is 836. The number of hydrogen-bond acceptors (Lipinski definition) is 5. The van der Waals surface area contributed by atoms with Crippen molar-refractivity contribution in [1.82, 2.24) is 14.8 Å². The van der Waals surface area contributed by atoms with E-state index in [-0.39, 0.29) is 5.91 Å². The maximum atomic E-state index is 12.9. The molecule has 0 N–H and O–H groups in total. The monoisotopic (exact) mass is 461 g/mol. The van der Waals surface area contributed by atoms with Crippen LogP contribution in [0.1, 0.15) is 49.2 Å². The summed E-state index contributed by atoms with van der Waals surface area (Å²) < 4.78 is 5.76. The molecule has 2 fully saturated rings. The zero-order valence-corrected chi connectivity index (χ0v) is 19.7. The van der Waals surface area contributed by atoms with Gasteiger partial charge in [0.05, 0.1) is 12.1 Å². The third-order valence-corrected chi connectivity index (χ3v) is 7.41. The largest absolute Gasteiger partial charge is 0.486 e. The van der Waals surface area contributed by atoms with Crippen molar-refractivity contribution in [1.29, 1.82) is 0 Å². The first-order valence-corrected chi connectivity index (χ1v) is 12.7. The molecule has 31 heavy (non-hydrogen) atoms. The van der Waals surface area contributed by atoms with Crippen molar-refractivity contribution >= 4 is 28.8 Å². The predicted octanol–water partition coefficient (Wildman–Crippen LogP) is 5.03. The summed E-state index contributed by atoms with van der Waals surface area (Å²) in [5, 5.41) is 3.55. The van der Waals surface area contributed by atoms with Crippen LogP contribution in [0.5, 0.6) is 5.75 Å². The van der Waals surface area contributed by atoms with Crippen LogP contribution in [0.2, 0.25) is 5.02 Å². The zero-order valence-electron chi connectivity index (χ0n) is 18.1. The molecule has 0 radical (unpaired) electrons. The quantitative estimate of drug-likeness (QED) is 0.580. The van der Waals surface area contributed by atoms with Crippen molar-refractivity contribution < 1.29 is 9.53 Å². The molecule has 2 heterocycles. The fraction of sp³-hybridized carbons (Fsp3) is 0.583. The molecule has 1 aromatic heterocycles. The van der Waals surface area contributed by atoms with Gasteiger partial charge >= 0.3 is 0 Å². The standard InChI is InChI=1S/C24H32ClN3O2S/c25-20-7-9-22(10-8-20)30-17-23-26-21(18-31-23)15-24(29)28-12-4-11-27(13-14-28)16-19-5-2-1-3-6-19/h7-10,18-19H,1-6,11-17H2. The van der Waals surface area contributed by atoms with Crippen LogP contribution in [-0.2, 0) is 17.8 Å². The van der Waals surface area contributed by atoms with E-state index in [1.807, 2.05) is 22.4 Å². The van der Waals surface area contributed by atoms with E-state index in [0.717, 1.165) is 55.0 Å². The molecule has 1 aliphatic heterocycles. The highest BCUT2D eigenvalue weighted by atomic mass is 35.5. The van der Waals surface area contributed by atoms with E-state index in [1.165, 1.54) is 38.6 Å². The molecule has 0 atom stereocenters. The van der Waals surface area contributed by atoms with Crippen molar-refractivity contribution in [3.63, 3.8) is 0 Å². The molecule has 1 aliphatic carbocycles. The van der Waals surface area contributed by atoms with Gasteiger partial charge in [0, 0.05) is 36.6 Å². The number of benzene rings is 1. The van der Waals surface area contributed by atoms with E-state index in [0.29, 0.717) is 18.1 Å². The molecule has 1 saturated heterocycles. The lowest BCUT2D eigenvalue weighted by atomic mass is 9.89. The average molecular weight is 462 g/mol. The van der Waals surface area contributed by atoms with Gasteiger partial charge in [-0.2, -0.15) is 0 Å². The zero-order chi connectivity index (χ0) is 21.5. The van der Waals surface area contributed by atoms with E-state index in [1.54, 1.807) is 23.5 Å². The number of nitrogens with zero attached hydrogens (tertiary/aromatic N) is 3. The summed E-state index contributed by atoms with van der Waals surface area (Å²) in [4.78, 5) is 22.1. The summed E-state index contributed by atoms with van der Waals surface area (Å²) >= 11 is 7.45. The second kappa shape index (κ2) is 11.3. The van der Waals surface area contributed by atoms with E-state index >= 15 is 0 Å². The molecule has 0 spiro atoms. The molecule has 1 amide bonds. The number of thiazole rings is 1. The molecule has 1 saturated carbocycles. The first-order chi connectivity index (χ1) is 15.2. The SMILES string of the molecule is O=C(Cc1csc(COc2ccc(Cl)cc2)n1)N1CCCN(CC2CCCCC2)CC1. The molecule has 1 aromatic carbocycles. The normalized spacial score (nSPS) is 18.7. The average Bonchev–Trinajstić information content (AvgIpc) is 3.09. The van der Waals surface area contributed by atoms with Crippen LogP contribution in [0.25, 0.3) is 0 Å². The molecular formula is C24H32ClN3O2S. The van der Waals surface area contributed by atoms with Crippen LogP contribution in [0.3, 0.4) is 0 Å². The number of rotatable bonds is 7. The summed E-state index contributed by atoms with van der Waals surface area (Å²) in [5.41, 5.74) is 0.841. The number of hydrogen-bond donors (Lipinski definition) is 0. The Morgan fingerprint density at radius 3 is 2.68 bits per heavy atom. The summed E-state index contributed by atoms with van der Waals surface area (Å²) in [6.45, 7) is 5.42. The van der Waals surface area contributed by atoms with Gasteiger partial charge in [0.2, 0.25) is 5.91 Å². The first-order valence-electron chi connectivity index (χ1n) is 11.5. The summed E-state index contributed by atoms with van der Waals surface area (Å²) in [7, 11) is 0. The predicted molar refractivity (Wildman–Crippen MR) is 126 cm³/mol. The third kappa shape index (κ3) is 6.93. The second-order valence-electron chi connectivity index (χ2n) is 8.69. The summed E-state index contributed by atoms with van der Waals surface area (Å²) in [6.07, 6.45) is 8.40. The number of aromatic nitrogens is 1. The van der Waals surface area contributed by atoms with Crippen LogP contribution in [-0.4, -0.2) is 53.4 Å². The first kappa shape index (κ1) is 22.6. The highest BCUT2D eigenvalue weighted by Gasteiger charge is 2.22. The van der Waals surface area contributed by atoms with Gasteiger partial charge in [0.25, 0.3) is 0 Å². The minimum atomic E-state index is 0.190. The number of carbonyl (C=O) groups is 1. The number of amides is 1. The minimum absolute atomic E-state index is 0.190. The minimum Gasteiger partial charge on any atom is -0.486 e. The Morgan fingerprint density at radius 1 is 1.06 bits per heavy atom. The van der Waals surface area contributed by atoms with Crippen molar-refractivity contribution in [2.75, 3.05) is 32.7 Å². The van der Waals surface area contributed by atoms with Crippen LogP contribution in [0.15, 0.2) is 29.6 Å². The molecular weight excluding hydrogens is 430 g/mol. The van der Waals surface area contributed by atoms with Crippen LogP contribution < -0.4 is 4.74 Å². The van der Waals surface area contributed by atoms with E-state index in [9.17, 15) is 4.79 Å². The molecule has 4 rings (SSSR count). The Kier molecular flexibility index (Phi) is 8.22.